The van der Waals surface area contributed by atoms with E-state index in [1.54, 1.807) is 0 Å². The second kappa shape index (κ2) is 7.97. The molecule has 0 heterocycles. The molecule has 124 valence electrons. The molecule has 2 aliphatic carbocycles. The molecule has 0 bridgehead atoms. The summed E-state index contributed by atoms with van der Waals surface area (Å²) in [4.78, 5) is 0. The summed E-state index contributed by atoms with van der Waals surface area (Å²) in [5.41, 5.74) is 0.126. The third-order valence-electron chi connectivity index (χ3n) is 5.26. The van der Waals surface area contributed by atoms with E-state index in [2.05, 4.69) is 33.0 Å². The summed E-state index contributed by atoms with van der Waals surface area (Å²) < 4.78 is 6.63. The molecule has 2 rings (SSSR count). The first-order valence-corrected chi connectivity index (χ1v) is 9.44. The first-order chi connectivity index (χ1) is 10.0. The molecule has 2 heteroatoms. The monoisotopic (exact) mass is 295 g/mol. The van der Waals surface area contributed by atoms with E-state index in [-0.39, 0.29) is 5.60 Å². The molecule has 0 aromatic heterocycles. The average Bonchev–Trinajstić information content (AvgIpc) is 3.23. The summed E-state index contributed by atoms with van der Waals surface area (Å²) in [6.07, 6.45) is 12.3. The van der Waals surface area contributed by atoms with Crippen LogP contribution in [0.15, 0.2) is 0 Å². The van der Waals surface area contributed by atoms with Crippen molar-refractivity contribution in [2.45, 2.75) is 103 Å². The molecule has 0 aliphatic heterocycles. The molecule has 2 nitrogen and oxygen atoms in total. The van der Waals surface area contributed by atoms with Gasteiger partial charge < -0.3 is 10.1 Å². The zero-order valence-corrected chi connectivity index (χ0v) is 14.8. The van der Waals surface area contributed by atoms with Gasteiger partial charge in [-0.2, -0.15) is 0 Å². The van der Waals surface area contributed by atoms with Crippen molar-refractivity contribution in [1.82, 2.24) is 5.32 Å². The molecule has 2 saturated carbocycles. The number of hydrogen-bond donors (Lipinski definition) is 1. The van der Waals surface area contributed by atoms with Gasteiger partial charge in [0.25, 0.3) is 0 Å². The first kappa shape index (κ1) is 17.3. The lowest BCUT2D eigenvalue weighted by molar-refractivity contribution is -0.117. The predicted molar refractivity (Wildman–Crippen MR) is 90.6 cm³/mol. The number of ether oxygens (including phenoxy) is 1. The third kappa shape index (κ3) is 5.90. The van der Waals surface area contributed by atoms with Crippen LogP contribution < -0.4 is 5.32 Å². The van der Waals surface area contributed by atoms with E-state index >= 15 is 0 Å². The number of rotatable bonds is 9. The standard InChI is InChI=1S/C19H37NO/c1-5-6-17-9-11-19(12-10-17,14-20-18-7-8-18)21-16(4)13-15(2)3/h15-18,20H,5-14H2,1-4H3. The minimum Gasteiger partial charge on any atom is -0.371 e. The van der Waals surface area contributed by atoms with Crippen LogP contribution in [0.2, 0.25) is 0 Å². The lowest BCUT2D eigenvalue weighted by Gasteiger charge is -2.42. The highest BCUT2D eigenvalue weighted by Crippen LogP contribution is 2.38. The summed E-state index contributed by atoms with van der Waals surface area (Å²) in [7, 11) is 0. The van der Waals surface area contributed by atoms with Crippen LogP contribution in [0.1, 0.15) is 85.5 Å². The number of hydrogen-bond acceptors (Lipinski definition) is 2. The van der Waals surface area contributed by atoms with Crippen molar-refractivity contribution in [2.24, 2.45) is 11.8 Å². The smallest absolute Gasteiger partial charge is 0.0810 e. The van der Waals surface area contributed by atoms with Crippen LogP contribution in [-0.2, 0) is 4.74 Å². The maximum atomic E-state index is 6.63. The maximum absolute atomic E-state index is 6.63. The van der Waals surface area contributed by atoms with Crippen molar-refractivity contribution in [2.75, 3.05) is 6.54 Å². The Balaban J connectivity index is 1.87. The van der Waals surface area contributed by atoms with Crippen molar-refractivity contribution in [3.05, 3.63) is 0 Å². The molecule has 0 aromatic carbocycles. The van der Waals surface area contributed by atoms with Crippen LogP contribution in [-0.4, -0.2) is 24.3 Å². The largest absolute Gasteiger partial charge is 0.371 e. The van der Waals surface area contributed by atoms with E-state index in [4.69, 9.17) is 4.74 Å². The highest BCUT2D eigenvalue weighted by Gasteiger charge is 2.38. The van der Waals surface area contributed by atoms with Gasteiger partial charge in [-0.05, 0) is 63.7 Å². The Labute approximate surface area is 132 Å². The van der Waals surface area contributed by atoms with Crippen molar-refractivity contribution in [3.63, 3.8) is 0 Å². The lowest BCUT2D eigenvalue weighted by Crippen LogP contribution is -2.48. The van der Waals surface area contributed by atoms with Gasteiger partial charge in [-0.1, -0.05) is 33.6 Å². The van der Waals surface area contributed by atoms with Gasteiger partial charge in [0.1, 0.15) is 0 Å². The van der Waals surface area contributed by atoms with Crippen molar-refractivity contribution >= 4 is 0 Å². The average molecular weight is 296 g/mol. The van der Waals surface area contributed by atoms with E-state index < -0.39 is 0 Å². The minimum absolute atomic E-state index is 0.126. The third-order valence-corrected chi connectivity index (χ3v) is 5.26. The molecule has 0 saturated heterocycles. The van der Waals surface area contributed by atoms with E-state index in [1.807, 2.05) is 0 Å². The second-order valence-electron chi connectivity index (χ2n) is 8.13. The summed E-state index contributed by atoms with van der Waals surface area (Å²) in [5, 5.41) is 3.75. The molecule has 2 fully saturated rings. The second-order valence-corrected chi connectivity index (χ2v) is 8.13. The van der Waals surface area contributed by atoms with E-state index in [0.717, 1.165) is 24.4 Å². The molecule has 0 aromatic rings. The van der Waals surface area contributed by atoms with Crippen LogP contribution in [0.25, 0.3) is 0 Å². The van der Waals surface area contributed by atoms with Gasteiger partial charge in [-0.25, -0.2) is 0 Å². The Hall–Kier alpha value is -0.0800. The fourth-order valence-electron chi connectivity index (χ4n) is 3.99. The van der Waals surface area contributed by atoms with E-state index in [0.29, 0.717) is 6.10 Å². The Bertz CT molecular complexity index is 290. The van der Waals surface area contributed by atoms with Gasteiger partial charge in [-0.15, -0.1) is 0 Å². The minimum atomic E-state index is 0.126. The molecular weight excluding hydrogens is 258 g/mol. The Morgan fingerprint density at radius 1 is 1.10 bits per heavy atom. The summed E-state index contributed by atoms with van der Waals surface area (Å²) in [5.74, 6) is 1.68. The molecule has 0 radical (unpaired) electrons. The van der Waals surface area contributed by atoms with Gasteiger partial charge in [0, 0.05) is 12.6 Å². The van der Waals surface area contributed by atoms with Gasteiger partial charge in [0.15, 0.2) is 0 Å². The van der Waals surface area contributed by atoms with Crippen LogP contribution >= 0.6 is 0 Å². The van der Waals surface area contributed by atoms with Crippen LogP contribution in [0.3, 0.4) is 0 Å². The molecule has 2 aliphatic rings. The topological polar surface area (TPSA) is 21.3 Å². The Kier molecular flexibility index (Phi) is 6.55. The normalized spacial score (nSPS) is 31.6. The fraction of sp³-hybridized carbons (Fsp3) is 1.00. The fourth-order valence-corrected chi connectivity index (χ4v) is 3.99. The van der Waals surface area contributed by atoms with Crippen LogP contribution in [0.5, 0.6) is 0 Å². The molecule has 1 N–H and O–H groups in total. The lowest BCUT2D eigenvalue weighted by atomic mass is 9.76. The molecule has 21 heavy (non-hydrogen) atoms. The summed E-state index contributed by atoms with van der Waals surface area (Å²) >= 11 is 0. The summed E-state index contributed by atoms with van der Waals surface area (Å²) in [6, 6.07) is 0.791. The Morgan fingerprint density at radius 3 is 2.29 bits per heavy atom. The van der Waals surface area contributed by atoms with Crippen molar-refractivity contribution in [1.29, 1.82) is 0 Å². The molecule has 0 spiro atoms. The van der Waals surface area contributed by atoms with Crippen molar-refractivity contribution in [3.8, 4) is 0 Å². The van der Waals surface area contributed by atoms with E-state index in [9.17, 15) is 0 Å². The van der Waals surface area contributed by atoms with Crippen LogP contribution in [0.4, 0.5) is 0 Å². The van der Waals surface area contributed by atoms with Gasteiger partial charge >= 0.3 is 0 Å². The van der Waals surface area contributed by atoms with Crippen LogP contribution in [0, 0.1) is 11.8 Å². The van der Waals surface area contributed by atoms with Gasteiger partial charge in [0.2, 0.25) is 0 Å². The first-order valence-electron chi connectivity index (χ1n) is 9.44. The molecule has 0 amide bonds. The zero-order valence-electron chi connectivity index (χ0n) is 14.8. The SMILES string of the molecule is CCCC1CCC(CNC2CC2)(OC(C)CC(C)C)CC1. The molecule has 1 unspecified atom stereocenters. The number of nitrogens with one attached hydrogen (secondary N) is 1. The highest BCUT2D eigenvalue weighted by atomic mass is 16.5. The highest BCUT2D eigenvalue weighted by molar-refractivity contribution is 4.93. The van der Waals surface area contributed by atoms with Gasteiger partial charge in [0.05, 0.1) is 11.7 Å². The zero-order chi connectivity index (χ0) is 15.3. The van der Waals surface area contributed by atoms with Crippen molar-refractivity contribution < 1.29 is 4.74 Å². The molecular formula is C19H37NO. The Morgan fingerprint density at radius 2 is 1.76 bits per heavy atom. The van der Waals surface area contributed by atoms with Gasteiger partial charge in [-0.3, -0.25) is 0 Å². The summed E-state index contributed by atoms with van der Waals surface area (Å²) in [6.45, 7) is 10.3. The quantitative estimate of drug-likeness (QED) is 0.652. The molecule has 1 atom stereocenters. The van der Waals surface area contributed by atoms with E-state index in [1.165, 1.54) is 57.8 Å². The predicted octanol–water partition coefficient (Wildman–Crippen LogP) is 4.92. The maximum Gasteiger partial charge on any atom is 0.0810 e.